The van der Waals surface area contributed by atoms with Gasteiger partial charge in [-0.2, -0.15) is 4.31 Å². The molecule has 1 aliphatic rings. The van der Waals surface area contributed by atoms with Gasteiger partial charge < -0.3 is 5.32 Å². The fraction of sp³-hybridized carbons (Fsp3) is 0.429. The van der Waals surface area contributed by atoms with Crippen LogP contribution in [-0.2, 0) is 16.6 Å². The highest BCUT2D eigenvalue weighted by Crippen LogP contribution is 2.27. The molecule has 28 heavy (non-hydrogen) atoms. The number of ketones is 1. The third-order valence-corrected chi connectivity index (χ3v) is 6.82. The van der Waals surface area contributed by atoms with Crippen LogP contribution in [0.5, 0.6) is 0 Å². The average molecular weight is 402 g/mol. The molecule has 2 atom stereocenters. The Kier molecular flexibility index (Phi) is 6.59. The number of aromatic nitrogens is 1. The van der Waals surface area contributed by atoms with Crippen LogP contribution >= 0.6 is 0 Å². The topological polar surface area (TPSA) is 79.4 Å². The summed E-state index contributed by atoms with van der Waals surface area (Å²) in [6, 6.07) is 10.1. The molecule has 0 aliphatic carbocycles. The molecule has 0 amide bonds. The van der Waals surface area contributed by atoms with Crippen molar-refractivity contribution in [3.8, 4) is 0 Å². The van der Waals surface area contributed by atoms with Crippen molar-refractivity contribution in [3.63, 3.8) is 0 Å². The molecule has 0 radical (unpaired) electrons. The van der Waals surface area contributed by atoms with Crippen molar-refractivity contribution in [2.75, 3.05) is 19.6 Å². The van der Waals surface area contributed by atoms with Gasteiger partial charge in [0, 0.05) is 37.6 Å². The van der Waals surface area contributed by atoms with Gasteiger partial charge in [0.1, 0.15) is 0 Å². The molecule has 1 aliphatic heterocycles. The van der Waals surface area contributed by atoms with Crippen molar-refractivity contribution in [2.45, 2.75) is 31.7 Å². The molecule has 1 saturated heterocycles. The van der Waals surface area contributed by atoms with Crippen molar-refractivity contribution in [1.29, 1.82) is 0 Å². The summed E-state index contributed by atoms with van der Waals surface area (Å²) in [4.78, 5) is 16.7. The zero-order chi connectivity index (χ0) is 20.1. The van der Waals surface area contributed by atoms with Crippen LogP contribution in [-0.4, -0.2) is 43.1 Å². The molecule has 7 heteroatoms. The van der Waals surface area contributed by atoms with Crippen LogP contribution in [0.3, 0.4) is 0 Å². The van der Waals surface area contributed by atoms with Crippen LogP contribution in [0.4, 0.5) is 0 Å². The van der Waals surface area contributed by atoms with Crippen molar-refractivity contribution >= 4 is 15.8 Å². The predicted molar refractivity (Wildman–Crippen MR) is 108 cm³/mol. The first-order chi connectivity index (χ1) is 13.4. The van der Waals surface area contributed by atoms with E-state index in [1.54, 1.807) is 34.9 Å². The first kappa shape index (κ1) is 20.6. The van der Waals surface area contributed by atoms with E-state index in [1.807, 2.05) is 12.1 Å². The summed E-state index contributed by atoms with van der Waals surface area (Å²) in [7, 11) is -3.59. The van der Waals surface area contributed by atoms with Crippen LogP contribution in [0.25, 0.3) is 0 Å². The van der Waals surface area contributed by atoms with E-state index >= 15 is 0 Å². The quantitative estimate of drug-likeness (QED) is 0.722. The number of hydrogen-bond donors (Lipinski definition) is 1. The molecule has 0 bridgehead atoms. The normalized spacial score (nSPS) is 20.8. The zero-order valence-corrected chi connectivity index (χ0v) is 17.2. The van der Waals surface area contributed by atoms with Gasteiger partial charge in [0.05, 0.1) is 11.4 Å². The van der Waals surface area contributed by atoms with Crippen molar-refractivity contribution in [1.82, 2.24) is 14.6 Å². The highest BCUT2D eigenvalue weighted by atomic mass is 32.2. The van der Waals surface area contributed by atoms with Crippen LogP contribution in [0, 0.1) is 11.8 Å². The van der Waals surface area contributed by atoms with Gasteiger partial charge >= 0.3 is 0 Å². The van der Waals surface area contributed by atoms with E-state index < -0.39 is 10.0 Å². The highest BCUT2D eigenvalue weighted by Gasteiger charge is 2.31. The maximum atomic E-state index is 13.0. The van der Waals surface area contributed by atoms with E-state index in [0.29, 0.717) is 37.0 Å². The lowest BCUT2D eigenvalue weighted by molar-refractivity contribution is 0.0990. The second-order valence-corrected chi connectivity index (χ2v) is 9.62. The first-order valence-corrected chi connectivity index (χ1v) is 11.0. The molecule has 2 heterocycles. The number of nitrogens with one attached hydrogen (secondary N) is 1. The summed E-state index contributed by atoms with van der Waals surface area (Å²) in [5.41, 5.74) is 1.44. The maximum Gasteiger partial charge on any atom is 0.243 e. The third-order valence-electron chi connectivity index (χ3n) is 4.99. The smallest absolute Gasteiger partial charge is 0.243 e. The first-order valence-electron chi connectivity index (χ1n) is 9.59. The lowest BCUT2D eigenvalue weighted by atomic mass is 9.94. The van der Waals surface area contributed by atoms with E-state index in [2.05, 4.69) is 24.1 Å². The number of rotatable bonds is 7. The van der Waals surface area contributed by atoms with Gasteiger partial charge in [-0.1, -0.05) is 26.0 Å². The molecule has 1 N–H and O–H groups in total. The minimum absolute atomic E-state index is 0.133. The number of benzene rings is 1. The Morgan fingerprint density at radius 1 is 1.14 bits per heavy atom. The molecule has 0 saturated carbocycles. The number of Topliss-reactive ketones (excluding diaryl/α,β-unsaturated/α-hetero) is 1. The molecule has 0 spiro atoms. The lowest BCUT2D eigenvalue weighted by Gasteiger charge is -2.34. The van der Waals surface area contributed by atoms with E-state index in [4.69, 9.17) is 0 Å². The van der Waals surface area contributed by atoms with Crippen LogP contribution < -0.4 is 5.32 Å². The van der Waals surface area contributed by atoms with E-state index in [9.17, 15) is 13.2 Å². The molecular formula is C21H27N3O3S. The van der Waals surface area contributed by atoms with Crippen molar-refractivity contribution in [3.05, 3.63) is 59.9 Å². The van der Waals surface area contributed by atoms with Gasteiger partial charge in [-0.15, -0.1) is 0 Å². The lowest BCUT2D eigenvalue weighted by Crippen LogP contribution is -2.42. The summed E-state index contributed by atoms with van der Waals surface area (Å²) >= 11 is 0. The second-order valence-electron chi connectivity index (χ2n) is 7.68. The van der Waals surface area contributed by atoms with Crippen LogP contribution in [0.15, 0.2) is 53.7 Å². The number of pyridine rings is 1. The fourth-order valence-electron chi connectivity index (χ4n) is 3.70. The number of piperidine rings is 1. The summed E-state index contributed by atoms with van der Waals surface area (Å²) in [6.45, 7) is 5.90. The highest BCUT2D eigenvalue weighted by molar-refractivity contribution is 7.89. The molecule has 1 aromatic heterocycles. The Balaban J connectivity index is 1.68. The molecule has 1 aromatic carbocycles. The van der Waals surface area contributed by atoms with Crippen molar-refractivity contribution < 1.29 is 13.2 Å². The second kappa shape index (κ2) is 8.94. The molecule has 1 fully saturated rings. The minimum atomic E-state index is -3.59. The standard InChI is InChI=1S/C21H27N3O3S/c1-16-10-17(2)15-24(14-16)28(26,27)20-5-3-4-19(11-20)21(25)13-23-12-18-6-8-22-9-7-18/h3-9,11,16-17,23H,10,12-15H2,1-2H3. The van der Waals surface area contributed by atoms with E-state index in [-0.39, 0.29) is 17.2 Å². The third kappa shape index (κ3) is 5.04. The Morgan fingerprint density at radius 3 is 2.50 bits per heavy atom. The van der Waals surface area contributed by atoms with Gasteiger partial charge in [-0.25, -0.2) is 8.42 Å². The van der Waals surface area contributed by atoms with Crippen LogP contribution in [0.1, 0.15) is 36.2 Å². The maximum absolute atomic E-state index is 13.0. The van der Waals surface area contributed by atoms with Crippen LogP contribution in [0.2, 0.25) is 0 Å². The van der Waals surface area contributed by atoms with Gasteiger partial charge in [-0.05, 0) is 48.1 Å². The zero-order valence-electron chi connectivity index (χ0n) is 16.3. The molecule has 2 unspecified atom stereocenters. The molecule has 150 valence electrons. The molecule has 3 rings (SSSR count). The fourth-order valence-corrected chi connectivity index (χ4v) is 5.43. The Labute approximate surface area is 167 Å². The van der Waals surface area contributed by atoms with Gasteiger partial charge in [0.2, 0.25) is 10.0 Å². The monoisotopic (exact) mass is 401 g/mol. The SMILES string of the molecule is CC1CC(C)CN(S(=O)(=O)c2cccc(C(=O)CNCc3ccncc3)c2)C1. The number of carbonyl (C=O) groups excluding carboxylic acids is 1. The predicted octanol–water partition coefficient (Wildman–Crippen LogP) is 2.72. The molecular weight excluding hydrogens is 374 g/mol. The largest absolute Gasteiger partial charge is 0.306 e. The summed E-state index contributed by atoms with van der Waals surface area (Å²) < 4.78 is 27.6. The van der Waals surface area contributed by atoms with E-state index in [0.717, 1.165) is 12.0 Å². The number of sulfonamides is 1. The summed E-state index contributed by atoms with van der Waals surface area (Å²) in [6.07, 6.45) is 4.44. The number of carbonyl (C=O) groups is 1. The Hall–Kier alpha value is -2.09. The number of hydrogen-bond acceptors (Lipinski definition) is 5. The average Bonchev–Trinajstić information content (AvgIpc) is 2.68. The van der Waals surface area contributed by atoms with Gasteiger partial charge in [-0.3, -0.25) is 9.78 Å². The minimum Gasteiger partial charge on any atom is -0.306 e. The Bertz CT molecular complexity index is 906. The summed E-state index contributed by atoms with van der Waals surface area (Å²) in [5.74, 6) is 0.535. The summed E-state index contributed by atoms with van der Waals surface area (Å²) in [5, 5.41) is 3.10. The van der Waals surface area contributed by atoms with Gasteiger partial charge in [0.25, 0.3) is 0 Å². The molecule has 6 nitrogen and oxygen atoms in total. The molecule has 2 aromatic rings. The van der Waals surface area contributed by atoms with Crippen molar-refractivity contribution in [2.24, 2.45) is 11.8 Å². The van der Waals surface area contributed by atoms with E-state index in [1.165, 1.54) is 6.07 Å². The number of nitrogens with zero attached hydrogens (tertiary/aromatic N) is 2. The van der Waals surface area contributed by atoms with Gasteiger partial charge in [0.15, 0.2) is 5.78 Å². The Morgan fingerprint density at radius 2 is 1.82 bits per heavy atom.